The molecule has 2 fully saturated rings. The lowest BCUT2D eigenvalue weighted by Crippen LogP contribution is -2.70. The average molecular weight is 508 g/mol. The summed E-state index contributed by atoms with van der Waals surface area (Å²) in [6, 6.07) is 4.58. The van der Waals surface area contributed by atoms with E-state index in [1.54, 1.807) is 7.05 Å². The van der Waals surface area contributed by atoms with Crippen LogP contribution in [-0.2, 0) is 27.8 Å². The summed E-state index contributed by atoms with van der Waals surface area (Å²) in [5, 5.41) is 13.3. The van der Waals surface area contributed by atoms with Crippen molar-refractivity contribution in [2.45, 2.75) is 23.4 Å². The number of ether oxygens (including phenoxy) is 1. The zero-order valence-electron chi connectivity index (χ0n) is 16.5. The van der Waals surface area contributed by atoms with Gasteiger partial charge in [-0.3, -0.25) is 10.2 Å². The maximum atomic E-state index is 12.9. The molecular formula is C18H17ClF3N5O3S2. The minimum absolute atomic E-state index is 0.0753. The lowest BCUT2D eigenvalue weighted by atomic mass is 9.89. The number of hydrogen-bond donors (Lipinski definition) is 3. The van der Waals surface area contributed by atoms with Gasteiger partial charge in [0, 0.05) is 6.42 Å². The Morgan fingerprint density at radius 1 is 1.53 bits per heavy atom. The van der Waals surface area contributed by atoms with Crippen LogP contribution in [0.5, 0.6) is 0 Å². The van der Waals surface area contributed by atoms with Gasteiger partial charge in [0.2, 0.25) is 5.96 Å². The highest BCUT2D eigenvalue weighted by atomic mass is 35.5. The van der Waals surface area contributed by atoms with Gasteiger partial charge in [-0.2, -0.15) is 17.5 Å². The van der Waals surface area contributed by atoms with Crippen LogP contribution in [-0.4, -0.2) is 51.2 Å². The second-order valence-electron chi connectivity index (χ2n) is 7.20. The predicted molar refractivity (Wildman–Crippen MR) is 114 cm³/mol. The van der Waals surface area contributed by atoms with E-state index in [-0.39, 0.29) is 28.3 Å². The van der Waals surface area contributed by atoms with Gasteiger partial charge < -0.3 is 19.9 Å². The van der Waals surface area contributed by atoms with Gasteiger partial charge in [0.1, 0.15) is 17.1 Å². The number of carbonyl (C=O) groups is 1. The van der Waals surface area contributed by atoms with Crippen molar-refractivity contribution < 1.29 is 27.3 Å². The third kappa shape index (κ3) is 4.03. The van der Waals surface area contributed by atoms with Crippen molar-refractivity contribution >= 4 is 52.0 Å². The molecule has 0 aliphatic carbocycles. The van der Waals surface area contributed by atoms with Crippen molar-refractivity contribution in [3.63, 3.8) is 0 Å². The Kier molecular flexibility index (Phi) is 6.05. The molecule has 3 N–H and O–H groups in total. The zero-order valence-corrected chi connectivity index (χ0v) is 18.8. The number of fused-ring (bicyclic) bond motifs is 1. The van der Waals surface area contributed by atoms with Gasteiger partial charge >= 0.3 is 6.18 Å². The molecule has 0 spiro atoms. The Hall–Kier alpha value is -2.06. The van der Waals surface area contributed by atoms with Gasteiger partial charge in [-0.25, -0.2) is 4.98 Å². The molecule has 4 rings (SSSR count). The standard InChI is InChI=1S/C18H17ClF3N5O3S2/c1-27-16(23)26-17(8-30-6-5-12(17)32(27)29)14-9(19)7-10(31-14)15(28)25-13-4-2-3-11(24-13)18(20,21)22/h2-4,7,12H,5-6,8H2,1H3,(H2,23,26)(H,24,25,28). The van der Waals surface area contributed by atoms with Crippen LogP contribution in [0, 0.1) is 5.41 Å². The van der Waals surface area contributed by atoms with E-state index in [1.807, 2.05) is 0 Å². The van der Waals surface area contributed by atoms with E-state index in [1.165, 1.54) is 16.4 Å². The number of thiophene rings is 1. The molecule has 2 aromatic heterocycles. The molecule has 3 atom stereocenters. The summed E-state index contributed by atoms with van der Waals surface area (Å²) in [6.07, 6.45) is -4.20. The van der Waals surface area contributed by atoms with Gasteiger partial charge in [-0.1, -0.05) is 17.7 Å². The van der Waals surface area contributed by atoms with Crippen molar-refractivity contribution in [1.29, 1.82) is 5.41 Å². The number of guanidine groups is 1. The van der Waals surface area contributed by atoms with Crippen LogP contribution in [0.3, 0.4) is 0 Å². The van der Waals surface area contributed by atoms with Crippen LogP contribution in [0.1, 0.15) is 26.7 Å². The van der Waals surface area contributed by atoms with E-state index in [9.17, 15) is 22.5 Å². The van der Waals surface area contributed by atoms with E-state index in [2.05, 4.69) is 15.6 Å². The maximum Gasteiger partial charge on any atom is 0.433 e. The summed E-state index contributed by atoms with van der Waals surface area (Å²) in [5.74, 6) is -1.02. The van der Waals surface area contributed by atoms with Crippen LogP contribution in [0.15, 0.2) is 24.3 Å². The quantitative estimate of drug-likeness (QED) is 0.550. The van der Waals surface area contributed by atoms with Crippen LogP contribution in [0.25, 0.3) is 0 Å². The fraction of sp³-hybridized carbons (Fsp3) is 0.389. The molecule has 2 aliphatic rings. The number of anilines is 1. The number of pyridine rings is 1. The molecule has 0 aromatic carbocycles. The molecule has 2 aromatic rings. The van der Waals surface area contributed by atoms with Crippen molar-refractivity contribution in [2.24, 2.45) is 0 Å². The highest BCUT2D eigenvalue weighted by molar-refractivity contribution is 7.90. The number of nitrogens with one attached hydrogen (secondary N) is 3. The monoisotopic (exact) mass is 507 g/mol. The largest absolute Gasteiger partial charge is 0.593 e. The minimum atomic E-state index is -4.64. The summed E-state index contributed by atoms with van der Waals surface area (Å²) in [7, 11) is 1.54. The first-order valence-corrected chi connectivity index (χ1v) is 11.6. The van der Waals surface area contributed by atoms with Crippen molar-refractivity contribution in [3.8, 4) is 0 Å². The zero-order chi connectivity index (χ0) is 23.3. The van der Waals surface area contributed by atoms with Gasteiger partial charge in [0.15, 0.2) is 5.25 Å². The summed E-state index contributed by atoms with van der Waals surface area (Å²) < 4.78 is 58.5. The van der Waals surface area contributed by atoms with Crippen molar-refractivity contribution in [1.82, 2.24) is 14.6 Å². The lowest BCUT2D eigenvalue weighted by molar-refractivity contribution is -0.141. The minimum Gasteiger partial charge on any atom is -0.593 e. The molecule has 172 valence electrons. The molecule has 0 saturated carbocycles. The van der Waals surface area contributed by atoms with E-state index < -0.39 is 39.9 Å². The summed E-state index contributed by atoms with van der Waals surface area (Å²) in [5.41, 5.74) is -2.20. The number of halogens is 4. The first-order valence-electron chi connectivity index (χ1n) is 9.27. The molecule has 8 nitrogen and oxygen atoms in total. The average Bonchev–Trinajstić information content (AvgIpc) is 3.14. The fourth-order valence-electron chi connectivity index (χ4n) is 3.62. The predicted octanol–water partition coefficient (Wildman–Crippen LogP) is 3.19. The highest BCUT2D eigenvalue weighted by Crippen LogP contribution is 2.45. The first kappa shape index (κ1) is 23.1. The molecule has 32 heavy (non-hydrogen) atoms. The second-order valence-corrected chi connectivity index (χ2v) is 10.3. The normalized spacial score (nSPS) is 25.8. The number of alkyl halides is 3. The SMILES string of the molecule is CN1C(=N)NC2(c3sc(C(=O)Nc4cccc(C(F)(F)F)n4)cc3Cl)COCCC2[S+]1[O-]. The molecule has 0 radical (unpaired) electrons. The Labute approximate surface area is 192 Å². The van der Waals surface area contributed by atoms with E-state index in [4.69, 9.17) is 21.7 Å². The number of aromatic nitrogens is 1. The Morgan fingerprint density at radius 3 is 3.00 bits per heavy atom. The van der Waals surface area contributed by atoms with Gasteiger partial charge in [-0.05, 0) is 18.2 Å². The van der Waals surface area contributed by atoms with E-state index in [0.29, 0.717) is 17.9 Å². The summed E-state index contributed by atoms with van der Waals surface area (Å²) >= 11 is 5.92. The smallest absolute Gasteiger partial charge is 0.433 e. The molecule has 0 bridgehead atoms. The van der Waals surface area contributed by atoms with E-state index >= 15 is 0 Å². The number of nitrogens with zero attached hydrogens (tertiary/aromatic N) is 2. The third-order valence-corrected chi connectivity index (χ3v) is 8.74. The van der Waals surface area contributed by atoms with Gasteiger partial charge in [0.05, 0.1) is 46.4 Å². The maximum absolute atomic E-state index is 12.9. The number of hydrogen-bond acceptors (Lipinski definition) is 6. The molecule has 3 unspecified atom stereocenters. The Bertz CT molecular complexity index is 1070. The first-order chi connectivity index (χ1) is 15.0. The molecule has 14 heteroatoms. The van der Waals surface area contributed by atoms with Crippen LogP contribution in [0.2, 0.25) is 5.02 Å². The van der Waals surface area contributed by atoms with Gasteiger partial charge in [0.25, 0.3) is 5.91 Å². The topological polar surface area (TPSA) is 113 Å². The van der Waals surface area contributed by atoms with Crippen LogP contribution >= 0.6 is 22.9 Å². The summed E-state index contributed by atoms with van der Waals surface area (Å²) in [6.45, 7) is 0.481. The summed E-state index contributed by atoms with van der Waals surface area (Å²) in [4.78, 5) is 16.7. The number of carbonyl (C=O) groups excluding carboxylic acids is 1. The second kappa shape index (κ2) is 8.37. The van der Waals surface area contributed by atoms with Crippen LogP contribution in [0.4, 0.5) is 19.0 Å². The van der Waals surface area contributed by atoms with Crippen molar-refractivity contribution in [3.05, 3.63) is 44.7 Å². The Morgan fingerprint density at radius 2 is 2.28 bits per heavy atom. The molecule has 4 heterocycles. The molecule has 2 aliphatic heterocycles. The fourth-order valence-corrected chi connectivity index (χ4v) is 6.77. The van der Waals surface area contributed by atoms with Crippen molar-refractivity contribution in [2.75, 3.05) is 25.6 Å². The molecule has 2 saturated heterocycles. The molecule has 1 amide bonds. The number of rotatable bonds is 3. The Balaban J connectivity index is 1.64. The number of amides is 1. The lowest BCUT2D eigenvalue weighted by Gasteiger charge is -2.49. The van der Waals surface area contributed by atoms with Crippen LogP contribution < -0.4 is 10.6 Å². The molecular weight excluding hydrogens is 491 g/mol. The highest BCUT2D eigenvalue weighted by Gasteiger charge is 2.58. The third-order valence-electron chi connectivity index (χ3n) is 5.17. The van der Waals surface area contributed by atoms with E-state index in [0.717, 1.165) is 23.5 Å². The van der Waals surface area contributed by atoms with Gasteiger partial charge in [-0.15, -0.1) is 11.3 Å².